The second-order valence-corrected chi connectivity index (χ2v) is 7.53. The van der Waals surface area contributed by atoms with E-state index in [1.807, 2.05) is 18.2 Å². The number of methoxy groups -OCH3 is 1. The molecule has 1 amide bonds. The lowest BCUT2D eigenvalue weighted by atomic mass is 10.1. The van der Waals surface area contributed by atoms with E-state index in [0.717, 1.165) is 18.4 Å². The zero-order valence-electron chi connectivity index (χ0n) is 14.3. The Balaban J connectivity index is 1.65. The quantitative estimate of drug-likeness (QED) is 0.596. The monoisotopic (exact) mass is 385 g/mol. The van der Waals surface area contributed by atoms with Gasteiger partial charge in [0.2, 0.25) is 0 Å². The minimum Gasteiger partial charge on any atom is -0.504 e. The van der Waals surface area contributed by atoms with Gasteiger partial charge in [-0.2, -0.15) is 0 Å². The molecule has 3 rings (SSSR count). The Labute approximate surface area is 162 Å². The van der Waals surface area contributed by atoms with E-state index in [-0.39, 0.29) is 11.7 Å². The predicted molar refractivity (Wildman–Crippen MR) is 109 cm³/mol. The van der Waals surface area contributed by atoms with Crippen molar-refractivity contribution in [3.05, 3.63) is 64.6 Å². The van der Waals surface area contributed by atoms with Crippen LogP contribution in [0.5, 0.6) is 11.5 Å². The molecule has 1 aliphatic rings. The molecule has 1 fully saturated rings. The van der Waals surface area contributed by atoms with E-state index in [1.54, 1.807) is 29.2 Å². The van der Waals surface area contributed by atoms with Crippen molar-refractivity contribution < 1.29 is 14.6 Å². The molecule has 1 aliphatic heterocycles. The largest absolute Gasteiger partial charge is 0.504 e. The Morgan fingerprint density at radius 3 is 2.69 bits per heavy atom. The van der Waals surface area contributed by atoms with Crippen LogP contribution in [0.15, 0.2) is 53.4 Å². The van der Waals surface area contributed by atoms with E-state index in [0.29, 0.717) is 21.5 Å². The molecule has 0 spiro atoms. The van der Waals surface area contributed by atoms with Gasteiger partial charge in [0.1, 0.15) is 4.32 Å². The number of aromatic hydroxyl groups is 1. The van der Waals surface area contributed by atoms with Crippen LogP contribution in [0.1, 0.15) is 17.5 Å². The number of carbonyl (C=O) groups excluding carboxylic acids is 1. The van der Waals surface area contributed by atoms with Crippen LogP contribution in [0, 0.1) is 0 Å². The van der Waals surface area contributed by atoms with Gasteiger partial charge in [-0.05, 0) is 42.2 Å². The van der Waals surface area contributed by atoms with Gasteiger partial charge in [-0.3, -0.25) is 9.69 Å². The molecule has 134 valence electrons. The van der Waals surface area contributed by atoms with Gasteiger partial charge in [0.05, 0.1) is 12.0 Å². The molecule has 0 aromatic heterocycles. The highest BCUT2D eigenvalue weighted by molar-refractivity contribution is 8.26. The molecule has 1 heterocycles. The molecule has 1 N–H and O–H groups in total. The molecule has 26 heavy (non-hydrogen) atoms. The lowest BCUT2D eigenvalue weighted by molar-refractivity contribution is -0.122. The Kier molecular flexibility index (Phi) is 5.96. The number of thiocarbonyl (C=S) groups is 1. The van der Waals surface area contributed by atoms with Crippen LogP contribution in [0.2, 0.25) is 0 Å². The second-order valence-electron chi connectivity index (χ2n) is 5.85. The molecule has 0 saturated carbocycles. The maximum atomic E-state index is 12.6. The van der Waals surface area contributed by atoms with Crippen molar-refractivity contribution in [2.45, 2.75) is 12.8 Å². The number of nitrogens with zero attached hydrogens (tertiary/aromatic N) is 1. The summed E-state index contributed by atoms with van der Waals surface area (Å²) in [5.74, 6) is 0.360. The highest BCUT2D eigenvalue weighted by atomic mass is 32.2. The van der Waals surface area contributed by atoms with Gasteiger partial charge in [0, 0.05) is 6.54 Å². The first-order chi connectivity index (χ1) is 12.6. The number of ether oxygens (including phenoxy) is 1. The number of carbonyl (C=O) groups is 1. The standard InChI is InChI=1S/C20H19NO3S2/c1-24-17-10-9-15(12-16(17)22)13-18-19(23)21(20(25)26-18)11-5-8-14-6-3-2-4-7-14/h2-4,6-7,9-10,12-13,22H,5,8,11H2,1H3. The lowest BCUT2D eigenvalue weighted by Crippen LogP contribution is -2.29. The summed E-state index contributed by atoms with van der Waals surface area (Å²) in [6, 6.07) is 15.2. The third-order valence-corrected chi connectivity index (χ3v) is 5.44. The number of phenols is 1. The first-order valence-corrected chi connectivity index (χ1v) is 9.47. The van der Waals surface area contributed by atoms with Crippen molar-refractivity contribution in [2.24, 2.45) is 0 Å². The molecule has 1 saturated heterocycles. The molecule has 0 aliphatic carbocycles. The van der Waals surface area contributed by atoms with Crippen LogP contribution in [-0.2, 0) is 11.2 Å². The Bertz CT molecular complexity index is 849. The highest BCUT2D eigenvalue weighted by Crippen LogP contribution is 2.34. The minimum absolute atomic E-state index is 0.0413. The van der Waals surface area contributed by atoms with Crippen LogP contribution >= 0.6 is 24.0 Å². The van der Waals surface area contributed by atoms with Gasteiger partial charge in [0.15, 0.2) is 11.5 Å². The van der Waals surface area contributed by atoms with Gasteiger partial charge in [-0.25, -0.2) is 0 Å². The molecular weight excluding hydrogens is 366 g/mol. The summed E-state index contributed by atoms with van der Waals surface area (Å²) in [4.78, 5) is 14.9. The molecule has 6 heteroatoms. The lowest BCUT2D eigenvalue weighted by Gasteiger charge is -2.14. The number of benzene rings is 2. The second kappa shape index (κ2) is 8.38. The summed E-state index contributed by atoms with van der Waals surface area (Å²) in [7, 11) is 1.50. The van der Waals surface area contributed by atoms with E-state index >= 15 is 0 Å². The third-order valence-electron chi connectivity index (χ3n) is 4.06. The van der Waals surface area contributed by atoms with Gasteiger partial charge in [-0.1, -0.05) is 60.4 Å². The van der Waals surface area contributed by atoms with Gasteiger partial charge in [0.25, 0.3) is 5.91 Å². The molecule has 4 nitrogen and oxygen atoms in total. The Hall–Kier alpha value is -2.31. The van der Waals surface area contributed by atoms with Crippen LogP contribution in [0.3, 0.4) is 0 Å². The number of aryl methyl sites for hydroxylation is 1. The summed E-state index contributed by atoms with van der Waals surface area (Å²) in [6.07, 6.45) is 3.51. The number of hydrogen-bond donors (Lipinski definition) is 1. The summed E-state index contributed by atoms with van der Waals surface area (Å²) < 4.78 is 5.61. The SMILES string of the molecule is COc1ccc(C=C2SC(=S)N(CCCc3ccccc3)C2=O)cc1O. The predicted octanol–water partition coefficient (Wildman–Crippen LogP) is 4.23. The van der Waals surface area contributed by atoms with Gasteiger partial charge in [-0.15, -0.1) is 0 Å². The molecule has 0 radical (unpaired) electrons. The number of rotatable bonds is 6. The third kappa shape index (κ3) is 4.26. The van der Waals surface area contributed by atoms with E-state index < -0.39 is 0 Å². The molecular formula is C20H19NO3S2. The van der Waals surface area contributed by atoms with Crippen molar-refractivity contribution in [3.63, 3.8) is 0 Å². The highest BCUT2D eigenvalue weighted by Gasteiger charge is 2.31. The van der Waals surface area contributed by atoms with Crippen molar-refractivity contribution in [1.82, 2.24) is 4.90 Å². The van der Waals surface area contributed by atoms with E-state index in [2.05, 4.69) is 12.1 Å². The van der Waals surface area contributed by atoms with E-state index in [9.17, 15) is 9.90 Å². The van der Waals surface area contributed by atoms with Crippen molar-refractivity contribution in [2.75, 3.05) is 13.7 Å². The number of amides is 1. The van der Waals surface area contributed by atoms with Crippen molar-refractivity contribution in [3.8, 4) is 11.5 Å². The summed E-state index contributed by atoms with van der Waals surface area (Å²) in [5, 5.41) is 9.88. The van der Waals surface area contributed by atoms with Crippen LogP contribution in [0.4, 0.5) is 0 Å². The van der Waals surface area contributed by atoms with E-state index in [1.165, 1.54) is 24.4 Å². The average Bonchev–Trinajstić information content (AvgIpc) is 2.90. The topological polar surface area (TPSA) is 49.8 Å². The number of hydrogen-bond acceptors (Lipinski definition) is 5. The Morgan fingerprint density at radius 2 is 2.00 bits per heavy atom. The minimum atomic E-state index is -0.0802. The van der Waals surface area contributed by atoms with Crippen molar-refractivity contribution >= 4 is 40.3 Å². The maximum Gasteiger partial charge on any atom is 0.266 e. The van der Waals surface area contributed by atoms with Crippen LogP contribution in [-0.4, -0.2) is 33.9 Å². The fourth-order valence-corrected chi connectivity index (χ4v) is 4.04. The van der Waals surface area contributed by atoms with Crippen LogP contribution < -0.4 is 4.74 Å². The normalized spacial score (nSPS) is 15.7. The fourth-order valence-electron chi connectivity index (χ4n) is 2.73. The fraction of sp³-hybridized carbons (Fsp3) is 0.200. The number of thioether (sulfide) groups is 1. The Morgan fingerprint density at radius 1 is 1.23 bits per heavy atom. The molecule has 2 aromatic carbocycles. The smallest absolute Gasteiger partial charge is 0.266 e. The van der Waals surface area contributed by atoms with Crippen molar-refractivity contribution in [1.29, 1.82) is 0 Å². The number of phenolic OH excluding ortho intramolecular Hbond substituents is 1. The van der Waals surface area contributed by atoms with Gasteiger partial charge < -0.3 is 9.84 Å². The molecule has 0 bridgehead atoms. The first-order valence-electron chi connectivity index (χ1n) is 8.25. The zero-order valence-corrected chi connectivity index (χ0v) is 16.0. The molecule has 0 atom stereocenters. The summed E-state index contributed by atoms with van der Waals surface area (Å²) in [5.41, 5.74) is 1.98. The van der Waals surface area contributed by atoms with E-state index in [4.69, 9.17) is 17.0 Å². The van der Waals surface area contributed by atoms with Gasteiger partial charge >= 0.3 is 0 Å². The zero-order chi connectivity index (χ0) is 18.5. The summed E-state index contributed by atoms with van der Waals surface area (Å²) >= 11 is 6.66. The summed E-state index contributed by atoms with van der Waals surface area (Å²) in [6.45, 7) is 0.602. The maximum absolute atomic E-state index is 12.6. The first kappa shape index (κ1) is 18.5. The van der Waals surface area contributed by atoms with Crippen LogP contribution in [0.25, 0.3) is 6.08 Å². The molecule has 2 aromatic rings. The average molecular weight is 386 g/mol. The molecule has 0 unspecified atom stereocenters.